The van der Waals surface area contributed by atoms with Gasteiger partial charge in [-0.2, -0.15) is 19.3 Å². The number of anilines is 2. The van der Waals surface area contributed by atoms with Crippen LogP contribution < -0.4 is 21.6 Å². The third kappa shape index (κ3) is 4.56. The third-order valence-corrected chi connectivity index (χ3v) is 8.21. The first-order valence-electron chi connectivity index (χ1n) is 13.6. The van der Waals surface area contributed by atoms with Crippen molar-refractivity contribution in [2.45, 2.75) is 58.5 Å². The summed E-state index contributed by atoms with van der Waals surface area (Å²) in [7, 11) is 0. The molecule has 7 rings (SSSR count). The lowest BCUT2D eigenvalue weighted by atomic mass is 9.49. The van der Waals surface area contributed by atoms with E-state index in [9.17, 15) is 14.9 Å². The van der Waals surface area contributed by atoms with Crippen LogP contribution in [0, 0.1) is 46.9 Å². The quantitative estimate of drug-likeness (QED) is 0.223. The van der Waals surface area contributed by atoms with E-state index in [0.717, 1.165) is 19.3 Å². The molecule has 3 aliphatic carbocycles. The number of nitrogens with one attached hydrogen (secondary N) is 4. The van der Waals surface area contributed by atoms with E-state index < -0.39 is 17.9 Å². The van der Waals surface area contributed by atoms with E-state index in [1.807, 2.05) is 0 Å². The Morgan fingerprint density at radius 1 is 1.15 bits per heavy atom. The molecule has 2 aromatic heterocycles. The fourth-order valence-electron chi connectivity index (χ4n) is 5.98. The molecule has 3 fully saturated rings. The predicted octanol–water partition coefficient (Wildman–Crippen LogP) is 5.45. The summed E-state index contributed by atoms with van der Waals surface area (Å²) in [4.78, 5) is 8.40. The predicted molar refractivity (Wildman–Crippen MR) is 151 cm³/mol. The molecule has 4 aliphatic rings. The van der Waals surface area contributed by atoms with Crippen LogP contribution in [0.1, 0.15) is 68.5 Å². The standard InChI is InChI=1S/C30H31F2N9/c1-16-21(5-6-23(31)37-16)26(27-28(32)41(40-39-27)30-9-17(10-30)11-30)38-20-7-18(12-33)24-22(8-20)25(19(13-34)14-35-24)36-15-29(2,3)4/h5-8,14,17,26,38-40H,9-11,15H2,1-4H3,(H,35,36)/t17?,26-,30?/m0/s1. The van der Waals surface area contributed by atoms with Crippen molar-refractivity contribution >= 4 is 22.3 Å². The number of nitriles is 2. The number of nitrogens with zero attached hydrogens (tertiary/aromatic N) is 5. The van der Waals surface area contributed by atoms with E-state index in [0.29, 0.717) is 57.1 Å². The maximum Gasteiger partial charge on any atom is 0.228 e. The van der Waals surface area contributed by atoms with Crippen LogP contribution >= 0.6 is 0 Å². The zero-order valence-electron chi connectivity index (χ0n) is 23.4. The van der Waals surface area contributed by atoms with Crippen molar-refractivity contribution in [2.24, 2.45) is 11.3 Å². The second-order valence-electron chi connectivity index (χ2n) is 12.5. The van der Waals surface area contributed by atoms with E-state index in [-0.39, 0.29) is 16.7 Å². The Bertz CT molecular complexity index is 1660. The van der Waals surface area contributed by atoms with Crippen LogP contribution in [0.15, 0.2) is 42.1 Å². The highest BCUT2D eigenvalue weighted by molar-refractivity contribution is 5.99. The number of pyridine rings is 2. The molecule has 41 heavy (non-hydrogen) atoms. The molecule has 3 saturated carbocycles. The Kier molecular flexibility index (Phi) is 6.24. The SMILES string of the molecule is Cc1nc(F)ccc1[C@H](Nc1cc(C#N)c2ncc(C#N)c(NCC(C)(C)C)c2c1)C1=C(F)N(C23CC(C2)C3)NN1. The minimum Gasteiger partial charge on any atom is -0.383 e. The van der Waals surface area contributed by atoms with Gasteiger partial charge in [0.15, 0.2) is 0 Å². The molecule has 9 nitrogen and oxygen atoms in total. The van der Waals surface area contributed by atoms with Gasteiger partial charge in [-0.05, 0) is 55.7 Å². The number of halogens is 2. The number of fused-ring (bicyclic) bond motifs is 1. The van der Waals surface area contributed by atoms with E-state index >= 15 is 4.39 Å². The number of aryl methyl sites for hydroxylation is 1. The lowest BCUT2D eigenvalue weighted by Crippen LogP contribution is -2.70. The first-order chi connectivity index (χ1) is 19.5. The van der Waals surface area contributed by atoms with Crippen LogP contribution in [-0.2, 0) is 0 Å². The summed E-state index contributed by atoms with van der Waals surface area (Å²) in [6, 6.07) is 9.88. The number of aromatic nitrogens is 2. The zero-order valence-corrected chi connectivity index (χ0v) is 23.4. The molecule has 1 aromatic carbocycles. The number of benzene rings is 1. The Balaban J connectivity index is 1.46. The summed E-state index contributed by atoms with van der Waals surface area (Å²) in [6.45, 7) is 8.48. The largest absolute Gasteiger partial charge is 0.383 e. The van der Waals surface area contributed by atoms with Gasteiger partial charge < -0.3 is 16.1 Å². The second-order valence-corrected chi connectivity index (χ2v) is 12.5. The molecule has 0 spiro atoms. The average molecular weight is 556 g/mol. The normalized spacial score (nSPS) is 21.9. The fourth-order valence-corrected chi connectivity index (χ4v) is 5.98. The van der Waals surface area contributed by atoms with Crippen molar-refractivity contribution in [2.75, 3.05) is 17.2 Å². The smallest absolute Gasteiger partial charge is 0.228 e. The van der Waals surface area contributed by atoms with Crippen LogP contribution in [0.2, 0.25) is 0 Å². The van der Waals surface area contributed by atoms with Gasteiger partial charge in [0.1, 0.15) is 17.8 Å². The molecule has 0 saturated heterocycles. The average Bonchev–Trinajstić information content (AvgIpc) is 3.23. The van der Waals surface area contributed by atoms with Crippen molar-refractivity contribution < 1.29 is 8.78 Å². The zero-order chi connectivity index (χ0) is 29.1. The Hall–Kier alpha value is -4.48. The number of rotatable bonds is 7. The van der Waals surface area contributed by atoms with Crippen molar-refractivity contribution in [3.8, 4) is 12.1 Å². The van der Waals surface area contributed by atoms with Crippen molar-refractivity contribution in [1.82, 2.24) is 25.9 Å². The number of hydrogen-bond donors (Lipinski definition) is 4. The van der Waals surface area contributed by atoms with Crippen LogP contribution in [0.5, 0.6) is 0 Å². The van der Waals surface area contributed by atoms with Gasteiger partial charge in [0.05, 0.1) is 33.9 Å². The van der Waals surface area contributed by atoms with Gasteiger partial charge in [-0.25, -0.2) is 4.98 Å². The van der Waals surface area contributed by atoms with E-state index in [1.54, 1.807) is 30.1 Å². The van der Waals surface area contributed by atoms with Gasteiger partial charge >= 0.3 is 0 Å². The Labute approximate surface area is 237 Å². The molecule has 210 valence electrons. The lowest BCUT2D eigenvalue weighted by Gasteiger charge is -2.64. The first-order valence-corrected chi connectivity index (χ1v) is 13.6. The van der Waals surface area contributed by atoms with Gasteiger partial charge in [-0.15, -0.1) is 5.53 Å². The van der Waals surface area contributed by atoms with Crippen LogP contribution in [0.3, 0.4) is 0 Å². The molecule has 3 aromatic rings. The molecular weight excluding hydrogens is 524 g/mol. The van der Waals surface area contributed by atoms with Crippen molar-refractivity contribution in [3.05, 3.63) is 70.4 Å². The van der Waals surface area contributed by atoms with Gasteiger partial charge in [0.2, 0.25) is 11.9 Å². The van der Waals surface area contributed by atoms with Crippen LogP contribution in [-0.4, -0.2) is 27.1 Å². The maximum absolute atomic E-state index is 16.1. The molecule has 2 bridgehead atoms. The molecule has 0 unspecified atom stereocenters. The second kappa shape index (κ2) is 9.57. The van der Waals surface area contributed by atoms with Crippen molar-refractivity contribution in [3.63, 3.8) is 0 Å². The summed E-state index contributed by atoms with van der Waals surface area (Å²) in [5.74, 6) is -0.414. The Morgan fingerprint density at radius 3 is 2.49 bits per heavy atom. The first kappa shape index (κ1) is 26.7. The number of hydrazine groups is 2. The van der Waals surface area contributed by atoms with E-state index in [1.165, 1.54) is 12.3 Å². The van der Waals surface area contributed by atoms with Crippen LogP contribution in [0.4, 0.5) is 20.2 Å². The summed E-state index contributed by atoms with van der Waals surface area (Å²) in [5, 5.41) is 28.8. The third-order valence-electron chi connectivity index (χ3n) is 8.21. The summed E-state index contributed by atoms with van der Waals surface area (Å²) in [5.41, 5.74) is 9.08. The highest BCUT2D eigenvalue weighted by Crippen LogP contribution is 2.61. The Morgan fingerprint density at radius 2 is 1.88 bits per heavy atom. The monoisotopic (exact) mass is 555 g/mol. The maximum atomic E-state index is 16.1. The van der Waals surface area contributed by atoms with Gasteiger partial charge in [-0.1, -0.05) is 26.8 Å². The van der Waals surface area contributed by atoms with Gasteiger partial charge in [0, 0.05) is 35.1 Å². The topological polar surface area (TPSA) is 125 Å². The molecule has 0 amide bonds. The minimum absolute atomic E-state index is 0.0775. The molecule has 0 radical (unpaired) electrons. The summed E-state index contributed by atoms with van der Waals surface area (Å²) in [6.07, 6.45) is 4.27. The fraction of sp³-hybridized carbons (Fsp3) is 0.400. The minimum atomic E-state index is -0.796. The van der Waals surface area contributed by atoms with Crippen LogP contribution in [0.25, 0.3) is 10.9 Å². The summed E-state index contributed by atoms with van der Waals surface area (Å²) < 4.78 is 30.0. The molecule has 1 atom stereocenters. The molecular formula is C30H31F2N9. The molecule has 1 aliphatic heterocycles. The van der Waals surface area contributed by atoms with E-state index in [2.05, 4.69) is 64.5 Å². The molecule has 4 N–H and O–H groups in total. The molecule has 11 heteroatoms. The van der Waals surface area contributed by atoms with Crippen molar-refractivity contribution in [1.29, 1.82) is 10.5 Å². The lowest BCUT2D eigenvalue weighted by molar-refractivity contribution is -0.155. The van der Waals surface area contributed by atoms with Gasteiger partial charge in [-0.3, -0.25) is 9.99 Å². The highest BCUT2D eigenvalue weighted by atomic mass is 19.1. The molecule has 3 heterocycles. The van der Waals surface area contributed by atoms with E-state index in [4.69, 9.17) is 0 Å². The number of hydrogen-bond acceptors (Lipinski definition) is 9. The van der Waals surface area contributed by atoms with Gasteiger partial charge in [0.25, 0.3) is 0 Å². The summed E-state index contributed by atoms with van der Waals surface area (Å²) >= 11 is 0. The highest BCUT2D eigenvalue weighted by Gasteiger charge is 2.62.